The van der Waals surface area contributed by atoms with Crippen LogP contribution in [-0.2, 0) is 32.7 Å². The third-order valence-corrected chi connectivity index (χ3v) is 9.39. The van der Waals surface area contributed by atoms with Crippen LogP contribution in [-0.4, -0.2) is 76.9 Å². The molecule has 4 atom stereocenters. The molecule has 0 radical (unpaired) electrons. The zero-order chi connectivity index (χ0) is 41.4. The Bertz CT molecular complexity index is 1180. The third-order valence-electron chi connectivity index (χ3n) is 8.44. The average Bonchev–Trinajstić information content (AvgIpc) is 3.18. The molecular formula is C44H75O11P. The molecule has 4 N–H and O–H groups in total. The number of unbranched alkanes of at least 4 members (excludes halogenated alkanes) is 13. The van der Waals surface area contributed by atoms with Gasteiger partial charge < -0.3 is 29.7 Å². The van der Waals surface area contributed by atoms with Crippen molar-refractivity contribution >= 4 is 19.8 Å². The lowest BCUT2D eigenvalue weighted by molar-refractivity contribution is -0.161. The number of carbonyl (C=O) groups is 2. The fourth-order valence-electron chi connectivity index (χ4n) is 5.11. The number of rotatable bonds is 38. The summed E-state index contributed by atoms with van der Waals surface area (Å²) in [5, 5.41) is 28.4. The number of phosphoric ester groups is 1. The average molecular weight is 811 g/mol. The van der Waals surface area contributed by atoms with Crippen molar-refractivity contribution in [2.45, 2.75) is 167 Å². The van der Waals surface area contributed by atoms with Gasteiger partial charge in [0.2, 0.25) is 0 Å². The van der Waals surface area contributed by atoms with Gasteiger partial charge in [0, 0.05) is 12.8 Å². The number of allylic oxidation sites excluding steroid dienone is 10. The van der Waals surface area contributed by atoms with Crippen molar-refractivity contribution in [3.8, 4) is 0 Å². The van der Waals surface area contributed by atoms with E-state index in [4.69, 9.17) is 19.1 Å². The van der Waals surface area contributed by atoms with Gasteiger partial charge in [0.05, 0.1) is 25.9 Å². The molecule has 0 heterocycles. The fourth-order valence-corrected chi connectivity index (χ4v) is 5.90. The van der Waals surface area contributed by atoms with Crippen LogP contribution in [0.5, 0.6) is 0 Å². The number of aliphatic hydroxyl groups is 3. The van der Waals surface area contributed by atoms with E-state index in [-0.39, 0.29) is 19.4 Å². The number of hydrogen-bond acceptors (Lipinski definition) is 10. The van der Waals surface area contributed by atoms with Crippen molar-refractivity contribution in [1.29, 1.82) is 0 Å². The topological polar surface area (TPSA) is 169 Å². The van der Waals surface area contributed by atoms with E-state index in [1.54, 1.807) is 6.08 Å². The van der Waals surface area contributed by atoms with Crippen molar-refractivity contribution in [2.75, 3.05) is 26.4 Å². The van der Waals surface area contributed by atoms with Gasteiger partial charge in [-0.25, -0.2) is 4.57 Å². The van der Waals surface area contributed by atoms with E-state index >= 15 is 0 Å². The van der Waals surface area contributed by atoms with Crippen molar-refractivity contribution in [2.24, 2.45) is 0 Å². The quantitative estimate of drug-likeness (QED) is 0.0154. The predicted molar refractivity (Wildman–Crippen MR) is 225 cm³/mol. The number of aliphatic hydroxyl groups excluding tert-OH is 3. The van der Waals surface area contributed by atoms with Crippen molar-refractivity contribution in [1.82, 2.24) is 0 Å². The summed E-state index contributed by atoms with van der Waals surface area (Å²) in [4.78, 5) is 34.9. The Morgan fingerprint density at radius 3 is 1.82 bits per heavy atom. The smallest absolute Gasteiger partial charge is 0.462 e. The van der Waals surface area contributed by atoms with E-state index in [9.17, 15) is 29.3 Å². The van der Waals surface area contributed by atoms with Crippen LogP contribution in [0.1, 0.15) is 149 Å². The Labute approximate surface area is 338 Å². The Kier molecular flexibility index (Phi) is 37.4. The standard InChI is InChI=1S/C44H75O11P/c1-3-5-7-9-11-12-13-14-15-16-17-18-22-26-30-34-43(48)52-38-42(39-54-56(50,51)53-37-41(47)36-45)55-44(49)35-31-27-23-19-21-25-29-33-40(46)32-28-24-20-10-8-6-4-2/h12-15,19-20,23-25,28-29,32,40-42,45-47H,3-11,16-18,21-22,26-27,30-31,33-39H2,1-2H3,(H,50,51)/b13-12-,15-14-,23-19+,24-20-,29-25-,32-28-/t40-,41-,42+/m0/s1. The number of carbonyl (C=O) groups excluding carboxylic acids is 2. The Hall–Kier alpha value is -2.63. The molecule has 56 heavy (non-hydrogen) atoms. The summed E-state index contributed by atoms with van der Waals surface area (Å²) >= 11 is 0. The molecule has 11 nitrogen and oxygen atoms in total. The summed E-state index contributed by atoms with van der Waals surface area (Å²) in [6.45, 7) is 2.13. The Morgan fingerprint density at radius 1 is 0.607 bits per heavy atom. The van der Waals surface area contributed by atoms with E-state index in [0.717, 1.165) is 44.9 Å². The molecule has 12 heteroatoms. The summed E-state index contributed by atoms with van der Waals surface area (Å²) in [6, 6.07) is 0. The highest BCUT2D eigenvalue weighted by molar-refractivity contribution is 7.47. The molecular weight excluding hydrogens is 735 g/mol. The molecule has 0 aliphatic rings. The largest absolute Gasteiger partial charge is 0.472 e. The molecule has 0 fully saturated rings. The van der Waals surface area contributed by atoms with E-state index in [0.29, 0.717) is 32.1 Å². The normalized spacial score (nSPS) is 15.2. The van der Waals surface area contributed by atoms with Gasteiger partial charge in [0.1, 0.15) is 12.7 Å². The second-order valence-corrected chi connectivity index (χ2v) is 15.3. The summed E-state index contributed by atoms with van der Waals surface area (Å²) in [5.74, 6) is -1.06. The fraction of sp³-hybridized carbons (Fsp3) is 0.682. The molecule has 0 saturated carbocycles. The maximum atomic E-state index is 12.6. The lowest BCUT2D eigenvalue weighted by atomic mass is 10.1. The third kappa shape index (κ3) is 38.3. The molecule has 0 aliphatic heterocycles. The minimum atomic E-state index is -4.65. The van der Waals surface area contributed by atoms with Crippen LogP contribution in [0, 0.1) is 0 Å². The van der Waals surface area contributed by atoms with E-state index in [1.807, 2.05) is 36.5 Å². The maximum absolute atomic E-state index is 12.6. The highest BCUT2D eigenvalue weighted by atomic mass is 31.2. The maximum Gasteiger partial charge on any atom is 0.472 e. The molecule has 1 unspecified atom stereocenters. The van der Waals surface area contributed by atoms with E-state index in [1.165, 1.54) is 44.9 Å². The lowest BCUT2D eigenvalue weighted by Crippen LogP contribution is -2.29. The van der Waals surface area contributed by atoms with Gasteiger partial charge in [-0.05, 0) is 70.6 Å². The van der Waals surface area contributed by atoms with Gasteiger partial charge in [-0.15, -0.1) is 0 Å². The monoisotopic (exact) mass is 811 g/mol. The highest BCUT2D eigenvalue weighted by Crippen LogP contribution is 2.43. The van der Waals surface area contributed by atoms with Gasteiger partial charge in [-0.3, -0.25) is 18.6 Å². The van der Waals surface area contributed by atoms with Gasteiger partial charge in [0.15, 0.2) is 6.10 Å². The summed E-state index contributed by atoms with van der Waals surface area (Å²) in [7, 11) is -4.65. The van der Waals surface area contributed by atoms with Crippen LogP contribution in [0.15, 0.2) is 72.9 Å². The van der Waals surface area contributed by atoms with Gasteiger partial charge in [-0.2, -0.15) is 0 Å². The molecule has 322 valence electrons. The number of ether oxygens (including phenoxy) is 2. The summed E-state index contributed by atoms with van der Waals surface area (Å²) < 4.78 is 32.6. The predicted octanol–water partition coefficient (Wildman–Crippen LogP) is 9.86. The second-order valence-electron chi connectivity index (χ2n) is 13.9. The lowest BCUT2D eigenvalue weighted by Gasteiger charge is -2.20. The molecule has 0 spiro atoms. The van der Waals surface area contributed by atoms with Crippen molar-refractivity contribution in [3.05, 3.63) is 72.9 Å². The SMILES string of the molecule is CCCCC/C=C\C=C/[C@H](O)C/C=C\C/C=C/CCCC(=O)O[C@H](COC(=O)CCCCCCC/C=C\C=C/CCCCCC)COP(=O)(O)OC[C@@H](O)CO. The van der Waals surface area contributed by atoms with E-state index in [2.05, 4.69) is 48.8 Å². The van der Waals surface area contributed by atoms with E-state index < -0.39 is 57.9 Å². The molecule has 0 aromatic carbocycles. The first-order chi connectivity index (χ1) is 27.1. The zero-order valence-corrected chi connectivity index (χ0v) is 35.3. The Balaban J connectivity index is 4.53. The zero-order valence-electron chi connectivity index (χ0n) is 34.4. The van der Waals surface area contributed by atoms with Crippen LogP contribution in [0.4, 0.5) is 0 Å². The molecule has 0 bridgehead atoms. The first kappa shape index (κ1) is 53.4. The Morgan fingerprint density at radius 2 is 1.14 bits per heavy atom. The summed E-state index contributed by atoms with van der Waals surface area (Å²) in [6.07, 6.45) is 40.4. The van der Waals surface area contributed by atoms with Crippen LogP contribution < -0.4 is 0 Å². The van der Waals surface area contributed by atoms with Crippen LogP contribution in [0.2, 0.25) is 0 Å². The van der Waals surface area contributed by atoms with Crippen LogP contribution in [0.3, 0.4) is 0 Å². The molecule has 0 saturated heterocycles. The molecule has 0 aromatic heterocycles. The van der Waals surface area contributed by atoms with Gasteiger partial charge in [-0.1, -0.05) is 138 Å². The number of hydrogen-bond donors (Lipinski definition) is 4. The molecule has 0 rings (SSSR count). The second kappa shape index (κ2) is 39.2. The highest BCUT2D eigenvalue weighted by Gasteiger charge is 2.27. The minimum absolute atomic E-state index is 0.0673. The van der Waals surface area contributed by atoms with Gasteiger partial charge >= 0.3 is 19.8 Å². The minimum Gasteiger partial charge on any atom is -0.462 e. The molecule has 0 aromatic rings. The van der Waals surface area contributed by atoms with Crippen molar-refractivity contribution < 1.29 is 52.9 Å². The number of phosphoric acid groups is 1. The van der Waals surface area contributed by atoms with Gasteiger partial charge in [0.25, 0.3) is 0 Å². The summed E-state index contributed by atoms with van der Waals surface area (Å²) in [5.41, 5.74) is 0. The molecule has 0 amide bonds. The molecule has 0 aliphatic carbocycles. The van der Waals surface area contributed by atoms with Crippen LogP contribution >= 0.6 is 7.82 Å². The number of esters is 2. The first-order valence-electron chi connectivity index (χ1n) is 21.0. The first-order valence-corrected chi connectivity index (χ1v) is 22.5. The van der Waals surface area contributed by atoms with Crippen molar-refractivity contribution in [3.63, 3.8) is 0 Å². The van der Waals surface area contributed by atoms with Crippen LogP contribution in [0.25, 0.3) is 0 Å².